The number of nitrogens with zero attached hydrogens (tertiary/aromatic N) is 1. The summed E-state index contributed by atoms with van der Waals surface area (Å²) < 4.78 is 5.23. The van der Waals surface area contributed by atoms with Crippen molar-refractivity contribution < 1.29 is 14.3 Å². The molecule has 0 radical (unpaired) electrons. The zero-order valence-corrected chi connectivity index (χ0v) is 16.0. The standard InChI is InChI=1S/C19H18N2O3S2/c1-12-5-7-14(8-6-12)10-20-17(22)13(2)24-19(23)15-11-26-18(21-15)16-4-3-9-25-16/h3-9,11,13H,10H2,1-2H3,(H,20,22)/t13-/m0/s1. The summed E-state index contributed by atoms with van der Waals surface area (Å²) in [6, 6.07) is 11.7. The van der Waals surface area contributed by atoms with E-state index in [2.05, 4.69) is 10.3 Å². The SMILES string of the molecule is Cc1ccc(CNC(=O)[C@H](C)OC(=O)c2csc(-c3cccs3)n2)cc1. The first-order chi connectivity index (χ1) is 12.5. The molecule has 0 unspecified atom stereocenters. The van der Waals surface area contributed by atoms with Gasteiger partial charge < -0.3 is 10.1 Å². The van der Waals surface area contributed by atoms with Crippen molar-refractivity contribution in [3.63, 3.8) is 0 Å². The number of aromatic nitrogens is 1. The predicted octanol–water partition coefficient (Wildman–Crippen LogP) is 4.04. The highest BCUT2D eigenvalue weighted by Crippen LogP contribution is 2.28. The Kier molecular flexibility index (Phi) is 5.80. The van der Waals surface area contributed by atoms with Gasteiger partial charge in [0.2, 0.25) is 0 Å². The van der Waals surface area contributed by atoms with Crippen molar-refractivity contribution in [2.75, 3.05) is 0 Å². The van der Waals surface area contributed by atoms with Crippen LogP contribution in [0.1, 0.15) is 28.5 Å². The number of aryl methyl sites for hydroxylation is 1. The van der Waals surface area contributed by atoms with E-state index in [9.17, 15) is 9.59 Å². The normalized spacial score (nSPS) is 11.8. The molecular formula is C19H18N2O3S2. The number of rotatable bonds is 6. The molecule has 2 aromatic heterocycles. The molecule has 1 aromatic carbocycles. The highest BCUT2D eigenvalue weighted by molar-refractivity contribution is 7.20. The molecule has 3 aromatic rings. The molecular weight excluding hydrogens is 368 g/mol. The second-order valence-corrected chi connectivity index (χ2v) is 7.57. The molecule has 0 saturated carbocycles. The van der Waals surface area contributed by atoms with Crippen LogP contribution in [0.15, 0.2) is 47.2 Å². The second-order valence-electron chi connectivity index (χ2n) is 5.77. The van der Waals surface area contributed by atoms with Gasteiger partial charge in [0.15, 0.2) is 11.8 Å². The van der Waals surface area contributed by atoms with Crippen molar-refractivity contribution >= 4 is 34.6 Å². The van der Waals surface area contributed by atoms with E-state index < -0.39 is 12.1 Å². The number of nitrogens with one attached hydrogen (secondary N) is 1. The maximum Gasteiger partial charge on any atom is 0.358 e. The summed E-state index contributed by atoms with van der Waals surface area (Å²) in [5.74, 6) is -0.935. The maximum atomic E-state index is 12.2. The molecule has 2 heterocycles. The minimum Gasteiger partial charge on any atom is -0.448 e. The van der Waals surface area contributed by atoms with E-state index in [-0.39, 0.29) is 11.6 Å². The average Bonchev–Trinajstić information content (AvgIpc) is 3.32. The van der Waals surface area contributed by atoms with Gasteiger partial charge in [-0.05, 0) is 30.9 Å². The van der Waals surface area contributed by atoms with Crippen LogP contribution in [0.4, 0.5) is 0 Å². The van der Waals surface area contributed by atoms with Gasteiger partial charge in [-0.1, -0.05) is 35.9 Å². The summed E-state index contributed by atoms with van der Waals surface area (Å²) in [7, 11) is 0. The first-order valence-electron chi connectivity index (χ1n) is 8.06. The van der Waals surface area contributed by atoms with Gasteiger partial charge in [-0.25, -0.2) is 9.78 Å². The van der Waals surface area contributed by atoms with Crippen molar-refractivity contribution in [1.82, 2.24) is 10.3 Å². The van der Waals surface area contributed by atoms with E-state index in [1.165, 1.54) is 11.3 Å². The fourth-order valence-corrected chi connectivity index (χ4v) is 3.80. The van der Waals surface area contributed by atoms with Crippen molar-refractivity contribution in [2.45, 2.75) is 26.5 Å². The first-order valence-corrected chi connectivity index (χ1v) is 9.82. The van der Waals surface area contributed by atoms with Gasteiger partial charge in [0, 0.05) is 11.9 Å². The van der Waals surface area contributed by atoms with Crippen LogP contribution in [0.5, 0.6) is 0 Å². The highest BCUT2D eigenvalue weighted by Gasteiger charge is 2.21. The molecule has 1 N–H and O–H groups in total. The summed E-state index contributed by atoms with van der Waals surface area (Å²) >= 11 is 2.93. The number of esters is 1. The van der Waals surface area contributed by atoms with Crippen molar-refractivity contribution in [1.29, 1.82) is 0 Å². The zero-order chi connectivity index (χ0) is 18.5. The van der Waals surface area contributed by atoms with Gasteiger partial charge in [-0.2, -0.15) is 0 Å². The van der Waals surface area contributed by atoms with E-state index in [1.807, 2.05) is 48.7 Å². The molecule has 0 spiro atoms. The highest BCUT2D eigenvalue weighted by atomic mass is 32.1. The van der Waals surface area contributed by atoms with Crippen LogP contribution in [0.25, 0.3) is 9.88 Å². The topological polar surface area (TPSA) is 68.3 Å². The number of hydrogen-bond acceptors (Lipinski definition) is 6. The monoisotopic (exact) mass is 386 g/mol. The molecule has 3 rings (SSSR count). The molecule has 26 heavy (non-hydrogen) atoms. The third-order valence-electron chi connectivity index (χ3n) is 3.69. The Morgan fingerprint density at radius 2 is 1.96 bits per heavy atom. The summed E-state index contributed by atoms with van der Waals surface area (Å²) in [5.41, 5.74) is 2.37. The summed E-state index contributed by atoms with van der Waals surface area (Å²) in [6.45, 7) is 3.95. The largest absolute Gasteiger partial charge is 0.448 e. The first kappa shape index (κ1) is 18.3. The smallest absolute Gasteiger partial charge is 0.358 e. The lowest BCUT2D eigenvalue weighted by Crippen LogP contribution is -2.35. The Morgan fingerprint density at radius 1 is 1.19 bits per heavy atom. The number of benzene rings is 1. The van der Waals surface area contributed by atoms with Gasteiger partial charge in [-0.15, -0.1) is 22.7 Å². The van der Waals surface area contributed by atoms with Crippen LogP contribution in [-0.2, 0) is 16.1 Å². The molecule has 0 saturated heterocycles. The molecule has 0 aliphatic heterocycles. The van der Waals surface area contributed by atoms with Crippen LogP contribution < -0.4 is 5.32 Å². The summed E-state index contributed by atoms with van der Waals surface area (Å²) in [4.78, 5) is 29.6. The average molecular weight is 386 g/mol. The molecule has 134 valence electrons. The third kappa shape index (κ3) is 4.56. The molecule has 0 aliphatic rings. The lowest BCUT2D eigenvalue weighted by molar-refractivity contribution is -0.129. The fraction of sp³-hybridized carbons (Fsp3) is 0.211. The minimum absolute atomic E-state index is 0.219. The molecule has 1 atom stereocenters. The molecule has 0 aliphatic carbocycles. The second kappa shape index (κ2) is 8.25. The number of amides is 1. The number of thiazole rings is 1. The van der Waals surface area contributed by atoms with E-state index in [0.29, 0.717) is 6.54 Å². The molecule has 7 heteroatoms. The maximum absolute atomic E-state index is 12.2. The number of thiophene rings is 1. The Balaban J connectivity index is 1.53. The third-order valence-corrected chi connectivity index (χ3v) is 5.57. The van der Waals surface area contributed by atoms with Crippen molar-refractivity contribution in [2.24, 2.45) is 0 Å². The Morgan fingerprint density at radius 3 is 2.65 bits per heavy atom. The lowest BCUT2D eigenvalue weighted by Gasteiger charge is -2.13. The van der Waals surface area contributed by atoms with Crippen LogP contribution >= 0.6 is 22.7 Å². The van der Waals surface area contributed by atoms with E-state index in [0.717, 1.165) is 21.0 Å². The van der Waals surface area contributed by atoms with Crippen molar-refractivity contribution in [3.05, 3.63) is 64.0 Å². The van der Waals surface area contributed by atoms with Crippen LogP contribution in [0, 0.1) is 6.92 Å². The van der Waals surface area contributed by atoms with Gasteiger partial charge >= 0.3 is 5.97 Å². The van der Waals surface area contributed by atoms with Gasteiger partial charge in [0.05, 0.1) is 4.88 Å². The van der Waals surface area contributed by atoms with E-state index in [4.69, 9.17) is 4.74 Å². The summed E-state index contributed by atoms with van der Waals surface area (Å²) in [5, 5.41) is 7.14. The van der Waals surface area contributed by atoms with Gasteiger partial charge in [0.25, 0.3) is 5.91 Å². The van der Waals surface area contributed by atoms with E-state index in [1.54, 1.807) is 23.6 Å². The molecule has 0 bridgehead atoms. The quantitative estimate of drug-likeness (QED) is 0.649. The fourth-order valence-electron chi connectivity index (χ4n) is 2.19. The van der Waals surface area contributed by atoms with Crippen LogP contribution in [-0.4, -0.2) is 23.0 Å². The summed E-state index contributed by atoms with van der Waals surface area (Å²) in [6.07, 6.45) is -0.889. The number of hydrogen-bond donors (Lipinski definition) is 1. The lowest BCUT2D eigenvalue weighted by atomic mass is 10.1. The molecule has 1 amide bonds. The Bertz CT molecular complexity index is 886. The Hall–Kier alpha value is -2.51. The number of carbonyl (C=O) groups is 2. The van der Waals surface area contributed by atoms with Gasteiger partial charge in [0.1, 0.15) is 5.01 Å². The minimum atomic E-state index is -0.889. The van der Waals surface area contributed by atoms with Gasteiger partial charge in [-0.3, -0.25) is 4.79 Å². The predicted molar refractivity (Wildman–Crippen MR) is 103 cm³/mol. The van der Waals surface area contributed by atoms with Crippen molar-refractivity contribution in [3.8, 4) is 9.88 Å². The van der Waals surface area contributed by atoms with Crippen LogP contribution in [0.2, 0.25) is 0 Å². The molecule has 0 fully saturated rings. The van der Waals surface area contributed by atoms with Crippen LogP contribution in [0.3, 0.4) is 0 Å². The Labute approximate surface area is 159 Å². The van der Waals surface area contributed by atoms with E-state index >= 15 is 0 Å². The number of ether oxygens (including phenoxy) is 1. The number of carbonyl (C=O) groups excluding carboxylic acids is 2. The molecule has 5 nitrogen and oxygen atoms in total. The zero-order valence-electron chi connectivity index (χ0n) is 14.4.